The van der Waals surface area contributed by atoms with E-state index in [2.05, 4.69) is 97.9 Å². The molecule has 0 aromatic heterocycles. The van der Waals surface area contributed by atoms with Gasteiger partial charge in [-0.3, -0.25) is 0 Å². The molecule has 0 radical (unpaired) electrons. The lowest BCUT2D eigenvalue weighted by molar-refractivity contribution is 0.548. The number of halogens is 1. The van der Waals surface area contributed by atoms with Crippen LogP contribution >= 0.6 is 32.6 Å². The molecule has 3 rings (SSSR count). The van der Waals surface area contributed by atoms with E-state index in [-0.39, 0.29) is 29.1 Å². The van der Waals surface area contributed by atoms with Crippen LogP contribution < -0.4 is 0 Å². The molecule has 3 aromatic rings. The van der Waals surface area contributed by atoms with E-state index in [0.29, 0.717) is 0 Å². The van der Waals surface area contributed by atoms with Crippen LogP contribution in [0.1, 0.15) is 101 Å². The van der Waals surface area contributed by atoms with Crippen molar-refractivity contribution in [1.29, 1.82) is 0 Å². The number of rotatable bonds is 17. The van der Waals surface area contributed by atoms with Crippen molar-refractivity contribution >= 4 is 32.6 Å². The average Bonchev–Trinajstić information content (AvgIpc) is 2.91. The van der Waals surface area contributed by atoms with Crippen LogP contribution in [0, 0.1) is 0 Å². The third-order valence-corrected chi connectivity index (χ3v) is 9.04. The van der Waals surface area contributed by atoms with E-state index in [9.17, 15) is 0 Å². The first-order chi connectivity index (χ1) is 16.9. The van der Waals surface area contributed by atoms with E-state index in [1.165, 1.54) is 99.9 Å². The summed E-state index contributed by atoms with van der Waals surface area (Å²) in [4.78, 5) is 0. The molecule has 0 heterocycles. The molecule has 1 unspecified atom stereocenters. The van der Waals surface area contributed by atoms with Gasteiger partial charge in [0.2, 0.25) is 0 Å². The molecule has 0 N–H and O–H groups in total. The minimum atomic E-state index is -0.0540. The largest absolute Gasteiger partial charge is 0.107 e. The average molecular weight is 601 g/mol. The van der Waals surface area contributed by atoms with Crippen molar-refractivity contribution in [1.82, 2.24) is 0 Å². The maximum atomic E-state index is 2.33. The third kappa shape index (κ3) is 9.66. The second kappa shape index (κ2) is 18.1. The lowest BCUT2D eigenvalue weighted by Crippen LogP contribution is -2.24. The van der Waals surface area contributed by atoms with Crippen LogP contribution in [-0.2, 0) is 5.16 Å². The molecule has 3 aromatic carbocycles. The van der Waals surface area contributed by atoms with Crippen LogP contribution in [0.25, 0.3) is 0 Å². The smallest absolute Gasteiger partial charge is 0.0619 e. The fourth-order valence-electron chi connectivity index (χ4n) is 5.11. The lowest BCUT2D eigenvalue weighted by atomic mass is 9.84. The van der Waals surface area contributed by atoms with Crippen molar-refractivity contribution in [3.8, 4) is 0 Å². The highest BCUT2D eigenvalue weighted by molar-refractivity contribution is 14.0. The van der Waals surface area contributed by atoms with Crippen LogP contribution in [0.15, 0.2) is 91.0 Å². The minimum Gasteiger partial charge on any atom is -0.107 e. The van der Waals surface area contributed by atoms with Gasteiger partial charge >= 0.3 is 0 Å². The molecule has 0 saturated carbocycles. The highest BCUT2D eigenvalue weighted by atomic mass is 127. The molecule has 0 bridgehead atoms. The van der Waals surface area contributed by atoms with E-state index in [0.717, 1.165) is 8.58 Å². The molecule has 0 aliphatic carbocycles. The van der Waals surface area contributed by atoms with Crippen LogP contribution in [0.5, 0.6) is 0 Å². The fourth-order valence-corrected chi connectivity index (χ4v) is 7.03. The van der Waals surface area contributed by atoms with Gasteiger partial charge in [-0.15, -0.1) is 32.6 Å². The Kier molecular flexibility index (Phi) is 15.6. The van der Waals surface area contributed by atoms with Crippen LogP contribution in [-0.4, -0.2) is 6.16 Å². The molecule has 1 atom stereocenters. The zero-order chi connectivity index (χ0) is 23.7. The van der Waals surface area contributed by atoms with Gasteiger partial charge in [-0.1, -0.05) is 169 Å². The van der Waals surface area contributed by atoms with E-state index in [1.54, 1.807) is 0 Å². The zero-order valence-electron chi connectivity index (χ0n) is 21.8. The molecule has 0 saturated heterocycles. The predicted octanol–water partition coefficient (Wildman–Crippen LogP) is 11.0. The number of hydrogen-bond donors (Lipinski definition) is 0. The second-order valence-corrected chi connectivity index (χ2v) is 11.3. The van der Waals surface area contributed by atoms with Crippen LogP contribution in [0.2, 0.25) is 0 Å². The number of hydrogen-bond acceptors (Lipinski definition) is 0. The Morgan fingerprint density at radius 3 is 1.11 bits per heavy atom. The maximum Gasteiger partial charge on any atom is 0.0619 e. The summed E-state index contributed by atoms with van der Waals surface area (Å²) < 4.78 is 0. The van der Waals surface area contributed by atoms with Crippen molar-refractivity contribution in [3.63, 3.8) is 0 Å². The Bertz CT molecular complexity index is 782. The van der Waals surface area contributed by atoms with Gasteiger partial charge in [-0.2, -0.15) is 0 Å². The Labute approximate surface area is 234 Å². The van der Waals surface area contributed by atoms with E-state index in [1.807, 2.05) is 0 Å². The summed E-state index contributed by atoms with van der Waals surface area (Å²) in [6, 6.07) is 33.6. The van der Waals surface area contributed by atoms with Crippen molar-refractivity contribution in [3.05, 3.63) is 108 Å². The van der Waals surface area contributed by atoms with Gasteiger partial charge in [0.25, 0.3) is 0 Å². The summed E-state index contributed by atoms with van der Waals surface area (Å²) in [6.45, 7) is 2.30. The van der Waals surface area contributed by atoms with Crippen molar-refractivity contribution in [2.24, 2.45) is 0 Å². The third-order valence-electron chi connectivity index (χ3n) is 7.04. The summed E-state index contributed by atoms with van der Waals surface area (Å²) in [5.74, 6) is 0. The molecule has 0 aliphatic rings. The first-order valence-electron chi connectivity index (χ1n) is 13.8. The van der Waals surface area contributed by atoms with Gasteiger partial charge in [0.15, 0.2) is 0 Å². The van der Waals surface area contributed by atoms with Gasteiger partial charge in [0.1, 0.15) is 0 Å². The molecule has 0 amide bonds. The van der Waals surface area contributed by atoms with Crippen molar-refractivity contribution < 1.29 is 0 Å². The van der Waals surface area contributed by atoms with Crippen molar-refractivity contribution in [2.75, 3.05) is 6.16 Å². The predicted molar refractivity (Wildman–Crippen MR) is 169 cm³/mol. The number of benzene rings is 3. The summed E-state index contributed by atoms with van der Waals surface area (Å²) in [7, 11) is 0.838. The first-order valence-corrected chi connectivity index (χ1v) is 15.0. The standard InChI is InChI=1S/C33H45P.HI/c1-2-3-4-5-6-7-8-9-10-11-12-22-29-34-33(30-23-16-13-17-24-30,31-25-18-14-19-26-31)32-27-20-15-21-28-32;/h13-21,23-28,34H,2-12,22,29H2,1H3;1H. The van der Waals surface area contributed by atoms with Gasteiger partial charge in [-0.25, -0.2) is 0 Å². The monoisotopic (exact) mass is 600 g/mol. The normalized spacial score (nSPS) is 11.6. The molecule has 0 fully saturated rings. The quantitative estimate of drug-likeness (QED) is 0.0626. The molecule has 0 nitrogen and oxygen atoms in total. The fraction of sp³-hybridized carbons (Fsp3) is 0.455. The summed E-state index contributed by atoms with van der Waals surface area (Å²) in [5, 5.41) is -0.0540. The van der Waals surface area contributed by atoms with Gasteiger partial charge in [-0.05, 0) is 29.3 Å². The molecule has 0 aliphatic heterocycles. The van der Waals surface area contributed by atoms with E-state index >= 15 is 0 Å². The Balaban J connectivity index is 0.00000432. The summed E-state index contributed by atoms with van der Waals surface area (Å²) in [6.07, 6.45) is 18.2. The minimum absolute atomic E-state index is 0. The van der Waals surface area contributed by atoms with Crippen LogP contribution in [0.4, 0.5) is 0 Å². The van der Waals surface area contributed by atoms with E-state index < -0.39 is 0 Å². The zero-order valence-corrected chi connectivity index (χ0v) is 25.1. The second-order valence-electron chi connectivity index (χ2n) is 9.66. The van der Waals surface area contributed by atoms with E-state index in [4.69, 9.17) is 0 Å². The SMILES string of the molecule is CCCCCCCCCCCCCCPC(c1ccccc1)(c1ccccc1)c1ccccc1.I. The molecule has 2 heteroatoms. The summed E-state index contributed by atoms with van der Waals surface area (Å²) in [5.41, 5.74) is 4.26. The van der Waals surface area contributed by atoms with Gasteiger partial charge < -0.3 is 0 Å². The Morgan fingerprint density at radius 2 is 0.771 bits per heavy atom. The molecular weight excluding hydrogens is 554 g/mol. The Hall–Kier alpha value is -1.18. The Morgan fingerprint density at radius 1 is 0.457 bits per heavy atom. The van der Waals surface area contributed by atoms with Crippen molar-refractivity contribution in [2.45, 2.75) is 89.1 Å². The molecule has 35 heavy (non-hydrogen) atoms. The molecule has 190 valence electrons. The topological polar surface area (TPSA) is 0 Å². The molecule has 0 spiro atoms. The van der Waals surface area contributed by atoms with Crippen LogP contribution in [0.3, 0.4) is 0 Å². The molecular formula is C33H46IP. The highest BCUT2D eigenvalue weighted by Gasteiger charge is 2.35. The first kappa shape index (κ1) is 30.0. The maximum absolute atomic E-state index is 2.33. The summed E-state index contributed by atoms with van der Waals surface area (Å²) >= 11 is 0. The number of unbranched alkanes of at least 4 members (excludes halogenated alkanes) is 11. The van der Waals surface area contributed by atoms with Gasteiger partial charge in [0.05, 0.1) is 5.16 Å². The highest BCUT2D eigenvalue weighted by Crippen LogP contribution is 2.52. The lowest BCUT2D eigenvalue weighted by Gasteiger charge is -2.36. The van der Waals surface area contributed by atoms with Gasteiger partial charge in [0, 0.05) is 0 Å².